The van der Waals surface area contributed by atoms with Crippen LogP contribution in [-0.2, 0) is 14.3 Å². The number of likely N-dealkylation sites (N-methyl/N-ethyl adjacent to an activating group) is 1. The summed E-state index contributed by atoms with van der Waals surface area (Å²) >= 11 is 0. The molecule has 1 heterocycles. The van der Waals surface area contributed by atoms with Crippen LogP contribution in [0.3, 0.4) is 0 Å². The second-order valence-corrected chi connectivity index (χ2v) is 6.24. The van der Waals surface area contributed by atoms with Crippen molar-refractivity contribution >= 4 is 17.5 Å². The molecule has 0 saturated heterocycles. The summed E-state index contributed by atoms with van der Waals surface area (Å²) in [5.41, 5.74) is 2.16. The first-order valence-electron chi connectivity index (χ1n) is 8.74. The highest BCUT2D eigenvalue weighted by molar-refractivity contribution is 6.04. The summed E-state index contributed by atoms with van der Waals surface area (Å²) in [5.74, 6) is -0.229. The molecule has 27 heavy (non-hydrogen) atoms. The molecular weight excluding hydrogens is 344 g/mol. The number of nitrogens with one attached hydrogen (secondary N) is 1. The Hall–Kier alpha value is -3.28. The van der Waals surface area contributed by atoms with E-state index in [1.165, 1.54) is 6.26 Å². The monoisotopic (exact) mass is 366 g/mol. The van der Waals surface area contributed by atoms with Gasteiger partial charge >= 0.3 is 0 Å². The van der Waals surface area contributed by atoms with Crippen molar-refractivity contribution in [1.29, 1.82) is 0 Å². The van der Waals surface area contributed by atoms with Crippen LogP contribution < -0.4 is 5.32 Å². The molecule has 1 N–H and O–H groups in total. The van der Waals surface area contributed by atoms with Gasteiger partial charge in [0.05, 0.1) is 6.04 Å². The molecule has 0 aliphatic carbocycles. The van der Waals surface area contributed by atoms with Crippen molar-refractivity contribution in [3.63, 3.8) is 0 Å². The third-order valence-electron chi connectivity index (χ3n) is 4.42. The standard InChI is InChI=1S/C21H22N2O4/c1-15(23(2)21(25)19-14-26-11-12-27-19)17-9-6-10-18(13-17)22-20(24)16-7-4-3-5-8-16/h3-10,13-15H,11-12H2,1-2H3,(H,22,24). The van der Waals surface area contributed by atoms with Crippen LogP contribution in [0.2, 0.25) is 0 Å². The molecule has 140 valence electrons. The fourth-order valence-electron chi connectivity index (χ4n) is 2.72. The minimum atomic E-state index is -0.249. The second-order valence-electron chi connectivity index (χ2n) is 6.24. The van der Waals surface area contributed by atoms with Crippen molar-refractivity contribution in [3.05, 3.63) is 77.7 Å². The summed E-state index contributed by atoms with van der Waals surface area (Å²) < 4.78 is 10.5. The molecule has 0 spiro atoms. The zero-order valence-corrected chi connectivity index (χ0v) is 15.3. The molecule has 0 radical (unpaired) electrons. The van der Waals surface area contributed by atoms with Gasteiger partial charge in [-0.15, -0.1) is 0 Å². The number of nitrogens with zero attached hydrogens (tertiary/aromatic N) is 1. The molecule has 1 aliphatic heterocycles. The minimum absolute atomic E-state index is 0.178. The number of ether oxygens (including phenoxy) is 2. The third-order valence-corrected chi connectivity index (χ3v) is 4.42. The molecule has 3 rings (SSSR count). The van der Waals surface area contributed by atoms with E-state index in [4.69, 9.17) is 9.47 Å². The number of benzene rings is 2. The van der Waals surface area contributed by atoms with Gasteiger partial charge in [0.25, 0.3) is 11.8 Å². The van der Waals surface area contributed by atoms with Crippen molar-refractivity contribution in [1.82, 2.24) is 4.90 Å². The second kappa shape index (κ2) is 8.40. The van der Waals surface area contributed by atoms with Gasteiger partial charge in [0, 0.05) is 18.3 Å². The van der Waals surface area contributed by atoms with Crippen molar-refractivity contribution in [2.45, 2.75) is 13.0 Å². The van der Waals surface area contributed by atoms with Crippen LogP contribution in [0.5, 0.6) is 0 Å². The number of hydrogen-bond donors (Lipinski definition) is 1. The van der Waals surface area contributed by atoms with Gasteiger partial charge in [-0.05, 0) is 36.8 Å². The molecule has 6 nitrogen and oxygen atoms in total. The highest BCUT2D eigenvalue weighted by atomic mass is 16.6. The Morgan fingerprint density at radius 1 is 1.07 bits per heavy atom. The number of anilines is 1. The van der Waals surface area contributed by atoms with Crippen molar-refractivity contribution in [2.24, 2.45) is 0 Å². The van der Waals surface area contributed by atoms with Crippen LogP contribution in [0, 0.1) is 0 Å². The summed E-state index contributed by atoms with van der Waals surface area (Å²) in [7, 11) is 1.71. The smallest absolute Gasteiger partial charge is 0.292 e. The molecular formula is C21H22N2O4. The van der Waals surface area contributed by atoms with Gasteiger partial charge < -0.3 is 19.7 Å². The summed E-state index contributed by atoms with van der Waals surface area (Å²) in [6.45, 7) is 2.72. The van der Waals surface area contributed by atoms with Gasteiger partial charge in [0.1, 0.15) is 19.5 Å². The molecule has 1 unspecified atom stereocenters. The maximum Gasteiger partial charge on any atom is 0.292 e. The van der Waals surface area contributed by atoms with Crippen LogP contribution in [0.1, 0.15) is 28.9 Å². The minimum Gasteiger partial charge on any atom is -0.494 e. The Labute approximate surface area is 158 Å². The van der Waals surface area contributed by atoms with Gasteiger partial charge in [-0.3, -0.25) is 9.59 Å². The topological polar surface area (TPSA) is 67.9 Å². The molecule has 2 amide bonds. The first-order chi connectivity index (χ1) is 13.1. The summed E-state index contributed by atoms with van der Waals surface area (Å²) in [6, 6.07) is 16.3. The van der Waals surface area contributed by atoms with E-state index < -0.39 is 0 Å². The Balaban J connectivity index is 1.71. The van der Waals surface area contributed by atoms with Gasteiger partial charge in [-0.25, -0.2) is 0 Å². The van der Waals surface area contributed by atoms with Crippen LogP contribution >= 0.6 is 0 Å². The molecule has 1 atom stereocenters. The Morgan fingerprint density at radius 2 is 1.85 bits per heavy atom. The summed E-state index contributed by atoms with van der Waals surface area (Å²) in [4.78, 5) is 26.5. The highest BCUT2D eigenvalue weighted by Gasteiger charge is 2.24. The van der Waals surface area contributed by atoms with E-state index in [2.05, 4.69) is 5.32 Å². The van der Waals surface area contributed by atoms with Crippen LogP contribution in [-0.4, -0.2) is 37.0 Å². The van der Waals surface area contributed by atoms with Crippen LogP contribution in [0.15, 0.2) is 66.6 Å². The van der Waals surface area contributed by atoms with Gasteiger partial charge in [0.2, 0.25) is 5.76 Å². The average Bonchev–Trinajstić information content (AvgIpc) is 2.73. The quantitative estimate of drug-likeness (QED) is 0.881. The van der Waals surface area contributed by atoms with E-state index in [0.29, 0.717) is 24.5 Å². The fourth-order valence-corrected chi connectivity index (χ4v) is 2.72. The van der Waals surface area contributed by atoms with Gasteiger partial charge in [0.15, 0.2) is 0 Å². The number of carbonyl (C=O) groups is 2. The maximum absolute atomic E-state index is 12.5. The number of carbonyl (C=O) groups excluding carboxylic acids is 2. The Morgan fingerprint density at radius 3 is 2.56 bits per heavy atom. The van der Waals surface area contributed by atoms with E-state index in [0.717, 1.165) is 5.56 Å². The highest BCUT2D eigenvalue weighted by Crippen LogP contribution is 2.24. The molecule has 0 saturated carbocycles. The number of hydrogen-bond acceptors (Lipinski definition) is 4. The lowest BCUT2D eigenvalue weighted by Gasteiger charge is -2.27. The molecule has 0 bridgehead atoms. The SMILES string of the molecule is CC(c1cccc(NC(=O)c2ccccc2)c1)N(C)C(=O)C1=COCCO1. The number of rotatable bonds is 5. The zero-order valence-electron chi connectivity index (χ0n) is 15.3. The van der Waals surface area contributed by atoms with E-state index in [1.54, 1.807) is 24.1 Å². The first-order valence-corrected chi connectivity index (χ1v) is 8.74. The zero-order chi connectivity index (χ0) is 19.2. The third kappa shape index (κ3) is 4.47. The van der Waals surface area contributed by atoms with Gasteiger partial charge in [-0.2, -0.15) is 0 Å². The summed E-state index contributed by atoms with van der Waals surface area (Å²) in [6.07, 6.45) is 1.35. The molecule has 1 aliphatic rings. The molecule has 6 heteroatoms. The lowest BCUT2D eigenvalue weighted by molar-refractivity contribution is -0.132. The number of amides is 2. The predicted molar refractivity (Wildman–Crippen MR) is 102 cm³/mol. The molecule has 2 aromatic rings. The van der Waals surface area contributed by atoms with Crippen molar-refractivity contribution in [3.8, 4) is 0 Å². The summed E-state index contributed by atoms with van der Waals surface area (Å²) in [5, 5.41) is 2.89. The normalized spacial score (nSPS) is 14.2. The molecule has 0 fully saturated rings. The van der Waals surface area contributed by atoms with Gasteiger partial charge in [-0.1, -0.05) is 30.3 Å². The van der Waals surface area contributed by atoms with Crippen molar-refractivity contribution in [2.75, 3.05) is 25.6 Å². The van der Waals surface area contributed by atoms with Crippen LogP contribution in [0.25, 0.3) is 0 Å². The Kier molecular flexibility index (Phi) is 5.76. The van der Waals surface area contributed by atoms with Crippen LogP contribution in [0.4, 0.5) is 5.69 Å². The Bertz CT molecular complexity index is 848. The van der Waals surface area contributed by atoms with E-state index in [9.17, 15) is 9.59 Å². The average molecular weight is 366 g/mol. The largest absolute Gasteiger partial charge is 0.494 e. The lowest BCUT2D eigenvalue weighted by Crippen LogP contribution is -2.33. The molecule has 2 aromatic carbocycles. The van der Waals surface area contributed by atoms with E-state index >= 15 is 0 Å². The maximum atomic E-state index is 12.5. The first kappa shape index (κ1) is 18.5. The van der Waals surface area contributed by atoms with Crippen molar-refractivity contribution < 1.29 is 19.1 Å². The molecule has 0 aromatic heterocycles. The lowest BCUT2D eigenvalue weighted by atomic mass is 10.1. The predicted octanol–water partition coefficient (Wildman–Crippen LogP) is 3.35. The van der Waals surface area contributed by atoms with E-state index in [1.807, 2.05) is 49.4 Å². The fraction of sp³-hybridized carbons (Fsp3) is 0.238. The van der Waals surface area contributed by atoms with E-state index in [-0.39, 0.29) is 23.6 Å².